The second kappa shape index (κ2) is 6.19. The van der Waals surface area contributed by atoms with Crippen molar-refractivity contribution in [3.63, 3.8) is 0 Å². The van der Waals surface area contributed by atoms with Gasteiger partial charge in [-0.15, -0.1) is 0 Å². The molecule has 1 atom stereocenters. The number of carbonyl (C=O) groups is 1. The average molecular weight is 362 g/mol. The van der Waals surface area contributed by atoms with E-state index in [1.165, 1.54) is 25.1 Å². The summed E-state index contributed by atoms with van der Waals surface area (Å²) in [6.07, 6.45) is 1.42. The lowest BCUT2D eigenvalue weighted by molar-refractivity contribution is -0.140. The molecule has 1 fully saturated rings. The van der Waals surface area contributed by atoms with Gasteiger partial charge in [0.1, 0.15) is 15.8 Å². The maximum absolute atomic E-state index is 12.6. The second-order valence-corrected chi connectivity index (χ2v) is 9.03. The summed E-state index contributed by atoms with van der Waals surface area (Å²) < 4.78 is 53.0. The van der Waals surface area contributed by atoms with Crippen LogP contribution < -0.4 is 4.72 Å². The first-order valence-electron chi connectivity index (χ1n) is 6.89. The lowest BCUT2D eigenvalue weighted by Gasteiger charge is -2.22. The highest BCUT2D eigenvalue weighted by atomic mass is 32.2. The molecule has 128 valence electrons. The van der Waals surface area contributed by atoms with Crippen molar-refractivity contribution in [2.75, 3.05) is 7.05 Å². The number of likely N-dealkylation sites (N-methyl/N-ethyl adjacent to an activating group) is 1. The zero-order valence-corrected chi connectivity index (χ0v) is 14.3. The molecule has 0 saturated heterocycles. The van der Waals surface area contributed by atoms with Crippen LogP contribution in [0, 0.1) is 0 Å². The van der Waals surface area contributed by atoms with Gasteiger partial charge in [0.25, 0.3) is 0 Å². The summed E-state index contributed by atoms with van der Waals surface area (Å²) >= 11 is 0. The number of carboxylic acid groups (broad SMARTS) is 1. The Morgan fingerprint density at radius 3 is 2.22 bits per heavy atom. The molecule has 0 bridgehead atoms. The van der Waals surface area contributed by atoms with Gasteiger partial charge in [-0.1, -0.05) is 12.1 Å². The van der Waals surface area contributed by atoms with E-state index in [1.54, 1.807) is 0 Å². The van der Waals surface area contributed by atoms with E-state index >= 15 is 0 Å². The molecule has 0 spiro atoms. The molecule has 0 aliphatic heterocycles. The molecule has 1 saturated carbocycles. The third-order valence-electron chi connectivity index (χ3n) is 3.60. The van der Waals surface area contributed by atoms with E-state index in [1.807, 2.05) is 0 Å². The molecule has 2 N–H and O–H groups in total. The third kappa shape index (κ3) is 3.71. The Balaban J connectivity index is 2.49. The number of rotatable bonds is 7. The van der Waals surface area contributed by atoms with Crippen molar-refractivity contribution >= 4 is 26.0 Å². The van der Waals surface area contributed by atoms with Gasteiger partial charge in [-0.3, -0.25) is 4.79 Å². The number of sulfonamides is 2. The summed E-state index contributed by atoms with van der Waals surface area (Å²) in [7, 11) is -7.17. The molecule has 1 aliphatic carbocycles. The first kappa shape index (κ1) is 17.9. The fourth-order valence-corrected chi connectivity index (χ4v) is 5.31. The van der Waals surface area contributed by atoms with Crippen molar-refractivity contribution < 1.29 is 26.7 Å². The Morgan fingerprint density at radius 1 is 1.22 bits per heavy atom. The van der Waals surface area contributed by atoms with Crippen molar-refractivity contribution in [1.29, 1.82) is 0 Å². The van der Waals surface area contributed by atoms with Crippen LogP contribution in [0.2, 0.25) is 0 Å². The number of benzene rings is 1. The Hall–Kier alpha value is -1.49. The largest absolute Gasteiger partial charge is 0.480 e. The first-order valence-corrected chi connectivity index (χ1v) is 9.82. The summed E-state index contributed by atoms with van der Waals surface area (Å²) in [4.78, 5) is 10.2. The molecule has 2 rings (SSSR count). The number of nitrogens with zero attached hydrogens (tertiary/aromatic N) is 1. The van der Waals surface area contributed by atoms with Crippen molar-refractivity contribution in [3.8, 4) is 0 Å². The smallest absolute Gasteiger partial charge is 0.321 e. The molecule has 1 aromatic rings. The van der Waals surface area contributed by atoms with Crippen LogP contribution in [0.5, 0.6) is 0 Å². The number of hydrogen-bond acceptors (Lipinski definition) is 5. The van der Waals surface area contributed by atoms with Crippen LogP contribution in [-0.2, 0) is 24.8 Å². The van der Waals surface area contributed by atoms with Crippen molar-refractivity contribution in [1.82, 2.24) is 9.03 Å². The van der Waals surface area contributed by atoms with Crippen LogP contribution in [0.4, 0.5) is 0 Å². The van der Waals surface area contributed by atoms with E-state index in [2.05, 4.69) is 4.72 Å². The number of nitrogens with one attached hydrogen (secondary N) is 1. The highest BCUT2D eigenvalue weighted by molar-refractivity contribution is 7.92. The maximum Gasteiger partial charge on any atom is 0.321 e. The molecule has 0 radical (unpaired) electrons. The van der Waals surface area contributed by atoms with Crippen LogP contribution >= 0.6 is 0 Å². The highest BCUT2D eigenvalue weighted by Gasteiger charge is 2.35. The van der Waals surface area contributed by atoms with Gasteiger partial charge in [0, 0.05) is 13.1 Å². The van der Waals surface area contributed by atoms with Crippen molar-refractivity contribution in [3.05, 3.63) is 24.3 Å². The molecule has 1 aromatic carbocycles. The van der Waals surface area contributed by atoms with Gasteiger partial charge in [-0.25, -0.2) is 21.6 Å². The fourth-order valence-electron chi connectivity index (χ4n) is 1.89. The van der Waals surface area contributed by atoms with Crippen molar-refractivity contribution in [2.45, 2.75) is 41.6 Å². The summed E-state index contributed by atoms with van der Waals surface area (Å²) in [6, 6.07) is 3.65. The molecule has 0 amide bonds. The minimum atomic E-state index is -4.28. The van der Waals surface area contributed by atoms with Crippen LogP contribution in [0.25, 0.3) is 0 Å². The predicted octanol–water partition coefficient (Wildman–Crippen LogP) is 0.221. The van der Waals surface area contributed by atoms with Gasteiger partial charge in [0.2, 0.25) is 20.0 Å². The number of carboxylic acids is 1. The quantitative estimate of drug-likeness (QED) is 0.716. The maximum atomic E-state index is 12.6. The fraction of sp³-hybridized carbons (Fsp3) is 0.462. The van der Waals surface area contributed by atoms with E-state index in [0.29, 0.717) is 17.1 Å². The van der Waals surface area contributed by atoms with Crippen LogP contribution in [-0.4, -0.2) is 51.3 Å². The average Bonchev–Trinajstić information content (AvgIpc) is 3.28. The van der Waals surface area contributed by atoms with E-state index in [-0.39, 0.29) is 10.9 Å². The Kier molecular flexibility index (Phi) is 4.81. The summed E-state index contributed by atoms with van der Waals surface area (Å²) in [6.45, 7) is 1.21. The lowest BCUT2D eigenvalue weighted by atomic mass is 10.4. The summed E-state index contributed by atoms with van der Waals surface area (Å²) in [5.41, 5.74) is 0. The van der Waals surface area contributed by atoms with Gasteiger partial charge in [-0.2, -0.15) is 4.31 Å². The molecule has 1 unspecified atom stereocenters. The molecular formula is C13H18N2O6S2. The van der Waals surface area contributed by atoms with Crippen LogP contribution in [0.3, 0.4) is 0 Å². The number of aliphatic carboxylic acids is 1. The SMILES string of the molecule is CC(C(=O)O)N(C)S(=O)(=O)c1ccccc1S(=O)(=O)NC1CC1. The molecule has 10 heteroatoms. The van der Waals surface area contributed by atoms with Gasteiger partial charge in [0.15, 0.2) is 0 Å². The number of hydrogen-bond donors (Lipinski definition) is 2. The minimum absolute atomic E-state index is 0.175. The zero-order valence-electron chi connectivity index (χ0n) is 12.6. The summed E-state index contributed by atoms with van der Waals surface area (Å²) in [5.74, 6) is -1.33. The topological polar surface area (TPSA) is 121 Å². The first-order chi connectivity index (χ1) is 10.6. The highest BCUT2D eigenvalue weighted by Crippen LogP contribution is 2.27. The van der Waals surface area contributed by atoms with Gasteiger partial charge < -0.3 is 5.11 Å². The molecule has 23 heavy (non-hydrogen) atoms. The standard InChI is InChI=1S/C13H18N2O6S2/c1-9(13(16)17)15(2)23(20,21)12-6-4-3-5-11(12)22(18,19)14-10-7-8-10/h3-6,9-10,14H,7-8H2,1-2H3,(H,16,17). The van der Waals surface area contributed by atoms with Crippen LogP contribution in [0.15, 0.2) is 34.1 Å². The minimum Gasteiger partial charge on any atom is -0.480 e. The van der Waals surface area contributed by atoms with Crippen LogP contribution in [0.1, 0.15) is 19.8 Å². The van der Waals surface area contributed by atoms with E-state index in [9.17, 15) is 21.6 Å². The third-order valence-corrected chi connectivity index (χ3v) is 7.29. The van der Waals surface area contributed by atoms with Gasteiger partial charge in [0.05, 0.1) is 0 Å². The van der Waals surface area contributed by atoms with Gasteiger partial charge >= 0.3 is 5.97 Å². The lowest BCUT2D eigenvalue weighted by Crippen LogP contribution is -2.41. The van der Waals surface area contributed by atoms with E-state index in [4.69, 9.17) is 5.11 Å². The normalized spacial score (nSPS) is 17.2. The van der Waals surface area contributed by atoms with E-state index < -0.39 is 37.0 Å². The Morgan fingerprint density at radius 2 is 1.74 bits per heavy atom. The monoisotopic (exact) mass is 362 g/mol. The molecule has 0 aromatic heterocycles. The van der Waals surface area contributed by atoms with Gasteiger partial charge in [-0.05, 0) is 31.9 Å². The second-order valence-electron chi connectivity index (χ2n) is 5.38. The Bertz CT molecular complexity index is 815. The molecular weight excluding hydrogens is 344 g/mol. The molecule has 8 nitrogen and oxygen atoms in total. The van der Waals surface area contributed by atoms with E-state index in [0.717, 1.165) is 13.1 Å². The molecule has 1 aliphatic rings. The summed E-state index contributed by atoms with van der Waals surface area (Å²) in [5, 5.41) is 8.98. The van der Waals surface area contributed by atoms with Crippen molar-refractivity contribution in [2.24, 2.45) is 0 Å². The Labute approximate surface area is 135 Å². The molecule has 0 heterocycles. The predicted molar refractivity (Wildman–Crippen MR) is 81.8 cm³/mol. The zero-order chi connectivity index (χ0) is 17.4.